The van der Waals surface area contributed by atoms with Gasteiger partial charge in [0.15, 0.2) is 0 Å². The quantitative estimate of drug-likeness (QED) is 0.703. The minimum atomic E-state index is -0.335. The minimum absolute atomic E-state index is 0.00825. The van der Waals surface area contributed by atoms with Gasteiger partial charge in [0.2, 0.25) is 5.91 Å². The lowest BCUT2D eigenvalue weighted by molar-refractivity contribution is -0.116. The van der Waals surface area contributed by atoms with Gasteiger partial charge in [-0.3, -0.25) is 9.59 Å². The summed E-state index contributed by atoms with van der Waals surface area (Å²) in [5.41, 5.74) is 1.12. The Labute approximate surface area is 180 Å². The summed E-state index contributed by atoms with van der Waals surface area (Å²) in [6, 6.07) is 11.1. The maximum Gasteiger partial charge on any atom is 0.409 e. The highest BCUT2D eigenvalue weighted by Crippen LogP contribution is 2.16. The van der Waals surface area contributed by atoms with Gasteiger partial charge in [0.25, 0.3) is 5.91 Å². The number of likely N-dealkylation sites (tertiary alicyclic amines) is 1. The summed E-state index contributed by atoms with van der Waals surface area (Å²) >= 11 is 1.70. The number of hydrogen-bond donors (Lipinski definition) is 2. The largest absolute Gasteiger partial charge is 0.453 e. The number of methoxy groups -OCH3 is 1. The molecular formula is C22H27N3O4S. The highest BCUT2D eigenvalue weighted by Gasteiger charge is 2.24. The van der Waals surface area contributed by atoms with Crippen LogP contribution in [0.15, 0.2) is 41.8 Å². The van der Waals surface area contributed by atoms with Gasteiger partial charge < -0.3 is 20.3 Å². The van der Waals surface area contributed by atoms with E-state index in [0.717, 1.165) is 12.8 Å². The second kappa shape index (κ2) is 10.8. The first-order valence-corrected chi connectivity index (χ1v) is 11.0. The predicted octanol–water partition coefficient (Wildman–Crippen LogP) is 3.67. The first kappa shape index (κ1) is 21.8. The molecule has 7 nitrogen and oxygen atoms in total. The average Bonchev–Trinajstić information content (AvgIpc) is 3.27. The molecule has 1 saturated heterocycles. The molecule has 8 heteroatoms. The van der Waals surface area contributed by atoms with Gasteiger partial charge in [0, 0.05) is 41.7 Å². The zero-order chi connectivity index (χ0) is 21.3. The number of ether oxygens (including phenoxy) is 1. The normalized spacial score (nSPS) is 14.2. The standard InChI is InChI=1S/C22H27N3O4S/c1-29-22(28)25-12-10-17(11-13-25)24-21(27)16-5-2-6-18(15-16)23-20(26)9-3-7-19-8-4-14-30-19/h2,4-6,8,14-15,17H,3,7,9-13H2,1H3,(H,23,26)(H,24,27). The van der Waals surface area contributed by atoms with E-state index in [-0.39, 0.29) is 23.9 Å². The molecule has 0 atom stereocenters. The van der Waals surface area contributed by atoms with E-state index in [0.29, 0.717) is 43.6 Å². The molecule has 0 unspecified atom stereocenters. The Hall–Kier alpha value is -2.87. The highest BCUT2D eigenvalue weighted by molar-refractivity contribution is 7.09. The third-order valence-electron chi connectivity index (χ3n) is 5.08. The highest BCUT2D eigenvalue weighted by atomic mass is 32.1. The van der Waals surface area contributed by atoms with Gasteiger partial charge in [-0.2, -0.15) is 0 Å². The molecule has 1 aliphatic rings. The van der Waals surface area contributed by atoms with Crippen LogP contribution in [0.25, 0.3) is 0 Å². The fourth-order valence-corrected chi connectivity index (χ4v) is 4.20. The predicted molar refractivity (Wildman–Crippen MR) is 117 cm³/mol. The van der Waals surface area contributed by atoms with Gasteiger partial charge >= 0.3 is 6.09 Å². The summed E-state index contributed by atoms with van der Waals surface area (Å²) in [6.07, 6.45) is 3.15. The van der Waals surface area contributed by atoms with E-state index in [1.54, 1.807) is 40.5 Å². The van der Waals surface area contributed by atoms with E-state index in [9.17, 15) is 14.4 Å². The molecule has 0 bridgehead atoms. The molecular weight excluding hydrogens is 402 g/mol. The molecule has 2 aromatic rings. The van der Waals surface area contributed by atoms with E-state index in [2.05, 4.69) is 16.7 Å². The number of amides is 3. The number of piperidine rings is 1. The van der Waals surface area contributed by atoms with Crippen molar-refractivity contribution in [3.8, 4) is 0 Å². The van der Waals surface area contributed by atoms with Gasteiger partial charge in [0.05, 0.1) is 7.11 Å². The third-order valence-corrected chi connectivity index (χ3v) is 6.01. The maximum absolute atomic E-state index is 12.6. The summed E-state index contributed by atoms with van der Waals surface area (Å²) < 4.78 is 4.73. The van der Waals surface area contributed by atoms with Crippen molar-refractivity contribution in [2.24, 2.45) is 0 Å². The van der Waals surface area contributed by atoms with Crippen LogP contribution < -0.4 is 10.6 Å². The van der Waals surface area contributed by atoms with Gasteiger partial charge in [0.1, 0.15) is 0 Å². The van der Waals surface area contributed by atoms with Gasteiger partial charge in [-0.15, -0.1) is 11.3 Å². The zero-order valence-corrected chi connectivity index (χ0v) is 17.9. The molecule has 3 amide bonds. The molecule has 1 aromatic heterocycles. The Morgan fingerprint density at radius 3 is 2.67 bits per heavy atom. The van der Waals surface area contributed by atoms with Crippen LogP contribution in [-0.2, 0) is 16.0 Å². The van der Waals surface area contributed by atoms with Crippen LogP contribution in [-0.4, -0.2) is 49.0 Å². The molecule has 30 heavy (non-hydrogen) atoms. The van der Waals surface area contributed by atoms with E-state index in [1.807, 2.05) is 11.4 Å². The van der Waals surface area contributed by atoms with E-state index < -0.39 is 0 Å². The fourth-order valence-electron chi connectivity index (χ4n) is 3.44. The van der Waals surface area contributed by atoms with Crippen molar-refractivity contribution in [2.75, 3.05) is 25.5 Å². The van der Waals surface area contributed by atoms with Crippen LogP contribution in [0.2, 0.25) is 0 Å². The first-order valence-electron chi connectivity index (χ1n) is 10.1. The third kappa shape index (κ3) is 6.32. The Bertz CT molecular complexity index is 861. The molecule has 3 rings (SSSR count). The van der Waals surface area contributed by atoms with Crippen LogP contribution in [0.3, 0.4) is 0 Å². The van der Waals surface area contributed by atoms with E-state index in [1.165, 1.54) is 12.0 Å². The summed E-state index contributed by atoms with van der Waals surface area (Å²) in [5.74, 6) is -0.236. The lowest BCUT2D eigenvalue weighted by Gasteiger charge is -2.31. The molecule has 0 aliphatic carbocycles. The number of carbonyl (C=O) groups excluding carboxylic acids is 3. The molecule has 1 aromatic carbocycles. The Morgan fingerprint density at radius 2 is 1.97 bits per heavy atom. The Balaban J connectivity index is 1.45. The van der Waals surface area contributed by atoms with Crippen molar-refractivity contribution in [1.29, 1.82) is 0 Å². The van der Waals surface area contributed by atoms with Crippen molar-refractivity contribution < 1.29 is 19.1 Å². The number of aryl methyl sites for hydroxylation is 1. The number of hydrogen-bond acceptors (Lipinski definition) is 5. The van der Waals surface area contributed by atoms with E-state index >= 15 is 0 Å². The van der Waals surface area contributed by atoms with Crippen molar-refractivity contribution in [3.63, 3.8) is 0 Å². The maximum atomic E-state index is 12.6. The molecule has 0 radical (unpaired) electrons. The minimum Gasteiger partial charge on any atom is -0.453 e. The topological polar surface area (TPSA) is 87.7 Å². The van der Waals surface area contributed by atoms with Crippen LogP contribution in [0, 0.1) is 0 Å². The summed E-state index contributed by atoms with van der Waals surface area (Å²) in [7, 11) is 1.37. The molecule has 0 saturated carbocycles. The van der Waals surface area contributed by atoms with Gasteiger partial charge in [-0.05, 0) is 55.3 Å². The SMILES string of the molecule is COC(=O)N1CCC(NC(=O)c2cccc(NC(=O)CCCc3cccs3)c2)CC1. The van der Waals surface area contributed by atoms with Crippen molar-refractivity contribution in [1.82, 2.24) is 10.2 Å². The molecule has 1 aliphatic heterocycles. The zero-order valence-electron chi connectivity index (χ0n) is 17.1. The summed E-state index contributed by atoms with van der Waals surface area (Å²) in [5, 5.41) is 7.92. The number of benzene rings is 1. The number of rotatable bonds is 7. The smallest absolute Gasteiger partial charge is 0.409 e. The number of anilines is 1. The number of nitrogens with one attached hydrogen (secondary N) is 2. The monoisotopic (exact) mass is 429 g/mol. The molecule has 160 valence electrons. The second-order valence-electron chi connectivity index (χ2n) is 7.27. The van der Waals surface area contributed by atoms with Crippen LogP contribution in [0.5, 0.6) is 0 Å². The summed E-state index contributed by atoms with van der Waals surface area (Å²) in [4.78, 5) is 39.3. The molecule has 2 N–H and O–H groups in total. The van der Waals surface area contributed by atoms with Crippen molar-refractivity contribution >= 4 is 34.9 Å². The number of carbonyl (C=O) groups is 3. The van der Waals surface area contributed by atoms with E-state index in [4.69, 9.17) is 4.74 Å². The average molecular weight is 430 g/mol. The van der Waals surface area contributed by atoms with Crippen molar-refractivity contribution in [3.05, 3.63) is 52.2 Å². The number of thiophene rings is 1. The fraction of sp³-hybridized carbons (Fsp3) is 0.409. The lowest BCUT2D eigenvalue weighted by Crippen LogP contribution is -2.46. The van der Waals surface area contributed by atoms with Crippen LogP contribution in [0.1, 0.15) is 40.9 Å². The van der Waals surface area contributed by atoms with Crippen LogP contribution in [0.4, 0.5) is 10.5 Å². The number of nitrogens with zero attached hydrogens (tertiary/aromatic N) is 1. The second-order valence-corrected chi connectivity index (χ2v) is 8.30. The van der Waals surface area contributed by atoms with Crippen LogP contribution >= 0.6 is 11.3 Å². The van der Waals surface area contributed by atoms with Gasteiger partial charge in [-0.25, -0.2) is 4.79 Å². The molecule has 0 spiro atoms. The Kier molecular flexibility index (Phi) is 7.84. The molecule has 1 fully saturated rings. The first-order chi connectivity index (χ1) is 14.5. The van der Waals surface area contributed by atoms with Gasteiger partial charge in [-0.1, -0.05) is 12.1 Å². The molecule has 2 heterocycles. The lowest BCUT2D eigenvalue weighted by atomic mass is 10.0. The van der Waals surface area contributed by atoms with Crippen molar-refractivity contribution in [2.45, 2.75) is 38.1 Å². The summed E-state index contributed by atoms with van der Waals surface area (Å²) in [6.45, 7) is 1.11. The Morgan fingerprint density at radius 1 is 1.17 bits per heavy atom.